The van der Waals surface area contributed by atoms with Crippen molar-refractivity contribution in [2.75, 3.05) is 27.8 Å². The van der Waals surface area contributed by atoms with Gasteiger partial charge in [-0.2, -0.15) is 9.41 Å². The van der Waals surface area contributed by atoms with Crippen LogP contribution in [0.2, 0.25) is 0 Å². The maximum atomic E-state index is 12.5. The molecule has 1 amide bonds. The molecule has 0 aromatic heterocycles. The third kappa shape index (κ3) is 5.08. The van der Waals surface area contributed by atoms with Crippen molar-refractivity contribution in [1.29, 1.82) is 0 Å². The summed E-state index contributed by atoms with van der Waals surface area (Å²) in [6.45, 7) is 1.49. The number of benzene rings is 2. The van der Waals surface area contributed by atoms with E-state index in [1.807, 2.05) is 6.92 Å². The van der Waals surface area contributed by atoms with Gasteiger partial charge in [0.15, 0.2) is 11.5 Å². The number of ether oxygens (including phenoxy) is 2. The number of hydrogen-bond acceptors (Lipinski definition) is 6. The minimum atomic E-state index is -3.76. The second-order valence-corrected chi connectivity index (χ2v) is 7.99. The molecule has 150 valence electrons. The molecule has 2 aromatic carbocycles. The predicted octanol–water partition coefficient (Wildman–Crippen LogP) is 1.78. The number of sulfonamides is 1. The van der Waals surface area contributed by atoms with Crippen LogP contribution in [0.3, 0.4) is 0 Å². The lowest BCUT2D eigenvalue weighted by molar-refractivity contribution is -0.121. The van der Waals surface area contributed by atoms with E-state index >= 15 is 0 Å². The lowest BCUT2D eigenvalue weighted by Crippen LogP contribution is -2.36. The molecule has 1 N–H and O–H groups in total. The van der Waals surface area contributed by atoms with E-state index in [0.717, 1.165) is 9.87 Å². The third-order valence-corrected chi connectivity index (χ3v) is 5.74. The number of likely N-dealkylation sites (N-methyl/N-ethyl adjacent to an activating group) is 1. The summed E-state index contributed by atoms with van der Waals surface area (Å²) in [6, 6.07) is 11.6. The van der Waals surface area contributed by atoms with Gasteiger partial charge in [0.25, 0.3) is 5.91 Å². The van der Waals surface area contributed by atoms with Gasteiger partial charge in [-0.05, 0) is 31.2 Å². The Morgan fingerprint density at radius 1 is 1.14 bits per heavy atom. The second kappa shape index (κ2) is 9.34. The first-order valence-corrected chi connectivity index (χ1v) is 9.79. The molecule has 0 atom stereocenters. The summed E-state index contributed by atoms with van der Waals surface area (Å²) in [4.78, 5) is 12.2. The summed E-state index contributed by atoms with van der Waals surface area (Å²) in [5, 5.41) is 3.86. The highest BCUT2D eigenvalue weighted by Crippen LogP contribution is 2.29. The summed E-state index contributed by atoms with van der Waals surface area (Å²) >= 11 is 0. The zero-order valence-corrected chi connectivity index (χ0v) is 17.0. The molecular formula is C19H23N3O5S. The quantitative estimate of drug-likeness (QED) is 0.533. The van der Waals surface area contributed by atoms with E-state index in [2.05, 4.69) is 10.5 Å². The van der Waals surface area contributed by atoms with E-state index in [1.165, 1.54) is 39.6 Å². The Morgan fingerprint density at radius 3 is 2.43 bits per heavy atom. The van der Waals surface area contributed by atoms with E-state index in [9.17, 15) is 13.2 Å². The van der Waals surface area contributed by atoms with E-state index in [-0.39, 0.29) is 11.4 Å². The maximum Gasteiger partial charge on any atom is 0.255 e. The number of aryl methyl sites for hydroxylation is 1. The molecule has 0 radical (unpaired) electrons. The van der Waals surface area contributed by atoms with Crippen LogP contribution in [0.25, 0.3) is 0 Å². The number of para-hydroxylation sites is 1. The first-order chi connectivity index (χ1) is 13.3. The molecular weight excluding hydrogens is 382 g/mol. The van der Waals surface area contributed by atoms with Crippen molar-refractivity contribution in [1.82, 2.24) is 9.73 Å². The average molecular weight is 405 g/mol. The molecule has 0 aliphatic rings. The first-order valence-electron chi connectivity index (χ1n) is 8.35. The van der Waals surface area contributed by atoms with Crippen molar-refractivity contribution in [2.45, 2.75) is 11.8 Å². The van der Waals surface area contributed by atoms with Crippen molar-refractivity contribution < 1.29 is 22.7 Å². The molecule has 0 spiro atoms. The zero-order valence-electron chi connectivity index (χ0n) is 16.2. The number of amides is 1. The van der Waals surface area contributed by atoms with Crippen molar-refractivity contribution in [3.8, 4) is 11.5 Å². The van der Waals surface area contributed by atoms with Gasteiger partial charge in [-0.3, -0.25) is 4.79 Å². The number of nitrogens with one attached hydrogen (secondary N) is 1. The van der Waals surface area contributed by atoms with Gasteiger partial charge in [0, 0.05) is 12.6 Å². The van der Waals surface area contributed by atoms with Gasteiger partial charge in [-0.15, -0.1) is 0 Å². The lowest BCUT2D eigenvalue weighted by atomic mass is 10.2. The van der Waals surface area contributed by atoms with Gasteiger partial charge in [0.05, 0.1) is 31.9 Å². The average Bonchev–Trinajstić information content (AvgIpc) is 2.67. The Labute approximate surface area is 164 Å². The van der Waals surface area contributed by atoms with Crippen LogP contribution in [0.5, 0.6) is 11.5 Å². The van der Waals surface area contributed by atoms with Crippen LogP contribution >= 0.6 is 0 Å². The monoisotopic (exact) mass is 405 g/mol. The van der Waals surface area contributed by atoms with Gasteiger partial charge >= 0.3 is 0 Å². The smallest absolute Gasteiger partial charge is 0.255 e. The standard InChI is InChI=1S/C19H23N3O5S/c1-14-8-10-16(11-9-14)28(24,25)22(2)13-18(23)21-20-12-15-6-5-7-17(26-3)19(15)27-4/h5-12H,13H2,1-4H3,(H,21,23)/b20-12+. The van der Waals surface area contributed by atoms with E-state index in [1.54, 1.807) is 30.3 Å². The van der Waals surface area contributed by atoms with Gasteiger partial charge in [0.1, 0.15) is 0 Å². The Kier molecular flexibility index (Phi) is 7.13. The number of hydrazone groups is 1. The predicted molar refractivity (Wildman–Crippen MR) is 106 cm³/mol. The number of hydrogen-bond donors (Lipinski definition) is 1. The minimum absolute atomic E-state index is 0.123. The van der Waals surface area contributed by atoms with Gasteiger partial charge < -0.3 is 9.47 Å². The van der Waals surface area contributed by atoms with Crippen LogP contribution in [0.15, 0.2) is 52.5 Å². The van der Waals surface area contributed by atoms with Crippen LogP contribution in [-0.2, 0) is 14.8 Å². The SMILES string of the molecule is COc1cccc(/C=N/NC(=O)CN(C)S(=O)(=O)c2ccc(C)cc2)c1OC. The highest BCUT2D eigenvalue weighted by Gasteiger charge is 2.22. The number of carbonyl (C=O) groups excluding carboxylic acids is 1. The third-order valence-electron chi connectivity index (χ3n) is 3.92. The fourth-order valence-corrected chi connectivity index (χ4v) is 3.53. The molecule has 9 heteroatoms. The number of methoxy groups -OCH3 is 2. The lowest BCUT2D eigenvalue weighted by Gasteiger charge is -2.16. The van der Waals surface area contributed by atoms with Gasteiger partial charge in [0.2, 0.25) is 10.0 Å². The fourth-order valence-electron chi connectivity index (χ4n) is 2.40. The second-order valence-electron chi connectivity index (χ2n) is 5.95. The van der Waals surface area contributed by atoms with Crippen molar-refractivity contribution in [3.05, 3.63) is 53.6 Å². The maximum absolute atomic E-state index is 12.5. The van der Waals surface area contributed by atoms with Gasteiger partial charge in [-0.1, -0.05) is 23.8 Å². The summed E-state index contributed by atoms with van der Waals surface area (Å²) in [7, 11) is 0.591. The molecule has 2 aromatic rings. The summed E-state index contributed by atoms with van der Waals surface area (Å²) < 4.78 is 36.4. The molecule has 0 aliphatic heterocycles. The largest absolute Gasteiger partial charge is 0.493 e. The Morgan fingerprint density at radius 2 is 1.82 bits per heavy atom. The van der Waals surface area contributed by atoms with E-state index in [0.29, 0.717) is 17.1 Å². The molecule has 0 bridgehead atoms. The number of carbonyl (C=O) groups is 1. The molecule has 0 unspecified atom stereocenters. The molecule has 0 saturated carbocycles. The normalized spacial score (nSPS) is 11.6. The highest BCUT2D eigenvalue weighted by molar-refractivity contribution is 7.89. The van der Waals surface area contributed by atoms with E-state index in [4.69, 9.17) is 9.47 Å². The molecule has 0 aliphatic carbocycles. The summed E-state index contributed by atoms with van der Waals surface area (Å²) in [5.41, 5.74) is 3.86. The summed E-state index contributed by atoms with van der Waals surface area (Å²) in [5.74, 6) is 0.431. The summed E-state index contributed by atoms with van der Waals surface area (Å²) in [6.07, 6.45) is 1.40. The molecule has 0 saturated heterocycles. The molecule has 0 heterocycles. The minimum Gasteiger partial charge on any atom is -0.493 e. The molecule has 28 heavy (non-hydrogen) atoms. The molecule has 2 rings (SSSR count). The van der Waals surface area contributed by atoms with Crippen LogP contribution in [-0.4, -0.2) is 52.7 Å². The van der Waals surface area contributed by atoms with Crippen LogP contribution in [0, 0.1) is 6.92 Å². The van der Waals surface area contributed by atoms with Crippen LogP contribution < -0.4 is 14.9 Å². The van der Waals surface area contributed by atoms with Crippen molar-refractivity contribution in [2.24, 2.45) is 5.10 Å². The van der Waals surface area contributed by atoms with Crippen molar-refractivity contribution in [3.63, 3.8) is 0 Å². The van der Waals surface area contributed by atoms with E-state index < -0.39 is 15.9 Å². The number of rotatable bonds is 8. The van der Waals surface area contributed by atoms with Crippen LogP contribution in [0.1, 0.15) is 11.1 Å². The molecule has 8 nitrogen and oxygen atoms in total. The Hall–Kier alpha value is -2.91. The fraction of sp³-hybridized carbons (Fsp3) is 0.263. The highest BCUT2D eigenvalue weighted by atomic mass is 32.2. The first kappa shape index (κ1) is 21.4. The van der Waals surface area contributed by atoms with Gasteiger partial charge in [-0.25, -0.2) is 13.8 Å². The molecule has 0 fully saturated rings. The zero-order chi connectivity index (χ0) is 20.7. The number of nitrogens with zero attached hydrogens (tertiary/aromatic N) is 2. The van der Waals surface area contributed by atoms with Crippen LogP contribution in [0.4, 0.5) is 0 Å². The topological polar surface area (TPSA) is 97.3 Å². The van der Waals surface area contributed by atoms with Crippen molar-refractivity contribution >= 4 is 22.1 Å². The Bertz CT molecular complexity index is 956. The Balaban J connectivity index is 2.02.